The Morgan fingerprint density at radius 2 is 1.61 bits per heavy atom. The minimum absolute atomic E-state index is 0.0486. The number of ether oxygens (including phenoxy) is 2. The van der Waals surface area contributed by atoms with Gasteiger partial charge in [-0.1, -0.05) is 42.5 Å². The van der Waals surface area contributed by atoms with E-state index in [-0.39, 0.29) is 49.9 Å². The third-order valence-corrected chi connectivity index (χ3v) is 9.05. The molecule has 0 spiro atoms. The molecule has 10 heteroatoms. The van der Waals surface area contributed by atoms with Crippen molar-refractivity contribution >= 4 is 27.3 Å². The van der Waals surface area contributed by atoms with Gasteiger partial charge in [0.25, 0.3) is 5.91 Å². The molecule has 1 saturated heterocycles. The van der Waals surface area contributed by atoms with Crippen LogP contribution in [-0.2, 0) is 24.2 Å². The molecule has 4 rings (SSSR count). The highest BCUT2D eigenvalue weighted by atomic mass is 32.2. The molecule has 38 heavy (non-hydrogen) atoms. The summed E-state index contributed by atoms with van der Waals surface area (Å²) in [5.74, 6) is -0.664. The molecule has 9 nitrogen and oxygen atoms in total. The van der Waals surface area contributed by atoms with Crippen LogP contribution in [0.25, 0.3) is 11.1 Å². The van der Waals surface area contributed by atoms with Gasteiger partial charge in [0, 0.05) is 25.3 Å². The SMILES string of the molecule is O=C(CCCOc1ccc(S(=O)(=O)C2(C(=O)NO)CCOCC2)cc1)Nc1cccc(-c2ccccc2)c1. The molecule has 1 fully saturated rings. The summed E-state index contributed by atoms with van der Waals surface area (Å²) in [6.45, 7) is 0.456. The van der Waals surface area contributed by atoms with Crippen molar-refractivity contribution in [2.45, 2.75) is 35.3 Å². The zero-order valence-electron chi connectivity index (χ0n) is 20.8. The van der Waals surface area contributed by atoms with Crippen molar-refractivity contribution in [2.75, 3.05) is 25.1 Å². The number of hydroxylamine groups is 1. The standard InChI is InChI=1S/C28H30N2O7S/c31-26(29-23-9-4-8-22(20-23)21-6-2-1-3-7-21)10-5-17-37-24-11-13-25(14-12-24)38(34,35)28(27(32)30-33)15-18-36-19-16-28/h1-4,6-9,11-14,20,33H,5,10,15-19H2,(H,29,31)(H,30,32). The molecule has 1 aliphatic rings. The molecule has 1 aliphatic heterocycles. The second-order valence-electron chi connectivity index (χ2n) is 8.97. The van der Waals surface area contributed by atoms with Crippen LogP contribution < -0.4 is 15.5 Å². The van der Waals surface area contributed by atoms with E-state index in [9.17, 15) is 18.0 Å². The average molecular weight is 539 g/mol. The average Bonchev–Trinajstić information content (AvgIpc) is 2.96. The van der Waals surface area contributed by atoms with Crippen LogP contribution in [0, 0.1) is 0 Å². The maximum atomic E-state index is 13.3. The van der Waals surface area contributed by atoms with Crippen LogP contribution in [0.2, 0.25) is 0 Å². The molecule has 3 N–H and O–H groups in total. The summed E-state index contributed by atoms with van der Waals surface area (Å²) in [6.07, 6.45) is 0.601. The third kappa shape index (κ3) is 6.04. The highest BCUT2D eigenvalue weighted by Crippen LogP contribution is 2.35. The van der Waals surface area contributed by atoms with E-state index in [0.29, 0.717) is 17.9 Å². The highest BCUT2D eigenvalue weighted by Gasteiger charge is 2.52. The molecule has 0 aliphatic carbocycles. The number of hydrogen-bond acceptors (Lipinski definition) is 7. The van der Waals surface area contributed by atoms with Gasteiger partial charge in [0.15, 0.2) is 14.6 Å². The lowest BCUT2D eigenvalue weighted by Gasteiger charge is -2.34. The van der Waals surface area contributed by atoms with E-state index in [2.05, 4.69) is 5.32 Å². The van der Waals surface area contributed by atoms with Crippen molar-refractivity contribution in [3.63, 3.8) is 0 Å². The van der Waals surface area contributed by atoms with Gasteiger partial charge in [0.05, 0.1) is 11.5 Å². The zero-order chi connectivity index (χ0) is 27.0. The highest BCUT2D eigenvalue weighted by molar-refractivity contribution is 7.93. The molecule has 0 aromatic heterocycles. The number of nitrogens with one attached hydrogen (secondary N) is 2. The molecule has 3 aromatic rings. The first-order chi connectivity index (χ1) is 18.4. The number of carbonyl (C=O) groups excluding carboxylic acids is 2. The first-order valence-electron chi connectivity index (χ1n) is 12.3. The van der Waals surface area contributed by atoms with Crippen molar-refractivity contribution in [3.8, 4) is 16.9 Å². The van der Waals surface area contributed by atoms with E-state index >= 15 is 0 Å². The Kier molecular flexibility index (Phi) is 8.77. The monoisotopic (exact) mass is 538 g/mol. The van der Waals surface area contributed by atoms with E-state index in [1.165, 1.54) is 29.7 Å². The molecular weight excluding hydrogens is 508 g/mol. The molecule has 0 atom stereocenters. The summed E-state index contributed by atoms with van der Waals surface area (Å²) < 4.78 is 35.7. The van der Waals surface area contributed by atoms with Crippen molar-refractivity contribution < 1.29 is 32.7 Å². The van der Waals surface area contributed by atoms with Crippen molar-refractivity contribution in [2.24, 2.45) is 0 Å². The van der Waals surface area contributed by atoms with Crippen LogP contribution in [0.3, 0.4) is 0 Å². The number of sulfone groups is 1. The number of rotatable bonds is 10. The van der Waals surface area contributed by atoms with Gasteiger partial charge in [-0.25, -0.2) is 13.9 Å². The predicted molar refractivity (Wildman–Crippen MR) is 142 cm³/mol. The largest absolute Gasteiger partial charge is 0.494 e. The fraction of sp³-hybridized carbons (Fsp3) is 0.286. The molecule has 0 unspecified atom stereocenters. The molecule has 200 valence electrons. The molecule has 1 heterocycles. The van der Waals surface area contributed by atoms with Gasteiger partial charge in [0.2, 0.25) is 5.91 Å². The van der Waals surface area contributed by atoms with E-state index in [4.69, 9.17) is 14.7 Å². The first-order valence-corrected chi connectivity index (χ1v) is 13.8. The van der Waals surface area contributed by atoms with Gasteiger partial charge in [-0.05, 0) is 66.8 Å². The minimum Gasteiger partial charge on any atom is -0.494 e. The van der Waals surface area contributed by atoms with Gasteiger partial charge >= 0.3 is 0 Å². The fourth-order valence-electron chi connectivity index (χ4n) is 4.41. The smallest absolute Gasteiger partial charge is 0.265 e. The summed E-state index contributed by atoms with van der Waals surface area (Å²) in [7, 11) is -4.10. The number of benzene rings is 3. The fourth-order valence-corrected chi connectivity index (χ4v) is 6.35. The lowest BCUT2D eigenvalue weighted by atomic mass is 9.98. The molecular formula is C28H30N2O7S. The Morgan fingerprint density at radius 1 is 0.921 bits per heavy atom. The lowest BCUT2D eigenvalue weighted by Crippen LogP contribution is -2.54. The van der Waals surface area contributed by atoms with Crippen LogP contribution >= 0.6 is 0 Å². The second kappa shape index (κ2) is 12.2. The first kappa shape index (κ1) is 27.3. The van der Waals surface area contributed by atoms with Crippen LogP contribution in [-0.4, -0.2) is 50.0 Å². The molecule has 2 amide bonds. The summed E-state index contributed by atoms with van der Waals surface area (Å²) in [5.41, 5.74) is 4.29. The lowest BCUT2D eigenvalue weighted by molar-refractivity contribution is -0.134. The van der Waals surface area contributed by atoms with E-state index in [1.807, 2.05) is 54.6 Å². The van der Waals surface area contributed by atoms with Gasteiger partial charge in [-0.2, -0.15) is 0 Å². The van der Waals surface area contributed by atoms with Crippen LogP contribution in [0.1, 0.15) is 25.7 Å². The van der Waals surface area contributed by atoms with Crippen LogP contribution in [0.15, 0.2) is 83.8 Å². The Morgan fingerprint density at radius 3 is 2.29 bits per heavy atom. The van der Waals surface area contributed by atoms with E-state index in [1.54, 1.807) is 0 Å². The molecule has 3 aromatic carbocycles. The van der Waals surface area contributed by atoms with Gasteiger partial charge in [-0.3, -0.25) is 14.8 Å². The number of hydrogen-bond donors (Lipinski definition) is 3. The predicted octanol–water partition coefficient (Wildman–Crippen LogP) is 3.98. The number of carbonyl (C=O) groups is 2. The Hall–Kier alpha value is -3.73. The second-order valence-corrected chi connectivity index (χ2v) is 11.2. The van der Waals surface area contributed by atoms with Crippen molar-refractivity contribution in [1.29, 1.82) is 0 Å². The molecule has 0 bridgehead atoms. The molecule has 0 radical (unpaired) electrons. The maximum absolute atomic E-state index is 13.3. The topological polar surface area (TPSA) is 131 Å². The normalized spacial score (nSPS) is 14.9. The quantitative estimate of drug-likeness (QED) is 0.202. The Labute approximate surface area is 221 Å². The van der Waals surface area contributed by atoms with Gasteiger partial charge < -0.3 is 14.8 Å². The maximum Gasteiger partial charge on any atom is 0.265 e. The summed E-state index contributed by atoms with van der Waals surface area (Å²) in [5, 5.41) is 12.1. The van der Waals surface area contributed by atoms with E-state index < -0.39 is 20.5 Å². The Bertz CT molecular complexity index is 1350. The number of anilines is 1. The summed E-state index contributed by atoms with van der Waals surface area (Å²) in [4.78, 5) is 24.7. The van der Waals surface area contributed by atoms with Gasteiger partial charge in [0.1, 0.15) is 5.75 Å². The van der Waals surface area contributed by atoms with Crippen LogP contribution in [0.5, 0.6) is 5.75 Å². The summed E-state index contributed by atoms with van der Waals surface area (Å²) >= 11 is 0. The van der Waals surface area contributed by atoms with Crippen molar-refractivity contribution in [1.82, 2.24) is 5.48 Å². The van der Waals surface area contributed by atoms with Crippen LogP contribution in [0.4, 0.5) is 5.69 Å². The Balaban J connectivity index is 1.29. The zero-order valence-corrected chi connectivity index (χ0v) is 21.6. The minimum atomic E-state index is -4.10. The van der Waals surface area contributed by atoms with E-state index in [0.717, 1.165) is 11.1 Å². The number of amides is 2. The third-order valence-electron chi connectivity index (χ3n) is 6.53. The molecule has 0 saturated carbocycles. The summed E-state index contributed by atoms with van der Waals surface area (Å²) in [6, 6.07) is 23.3. The van der Waals surface area contributed by atoms with Gasteiger partial charge in [-0.15, -0.1) is 0 Å². The van der Waals surface area contributed by atoms with Crippen molar-refractivity contribution in [3.05, 3.63) is 78.9 Å².